The number of hydrogen-bond donors (Lipinski definition) is 4. The van der Waals surface area contributed by atoms with Crippen LogP contribution in [0, 0.1) is 5.92 Å². The minimum atomic E-state index is -0.687. The van der Waals surface area contributed by atoms with Gasteiger partial charge in [-0.15, -0.1) is 0 Å². The molecule has 0 saturated carbocycles. The lowest BCUT2D eigenvalue weighted by atomic mass is 10.0. The van der Waals surface area contributed by atoms with Gasteiger partial charge in [-0.3, -0.25) is 0 Å². The van der Waals surface area contributed by atoms with Crippen LogP contribution < -0.4 is 21.1 Å². The van der Waals surface area contributed by atoms with Crippen molar-refractivity contribution in [2.45, 2.75) is 52.3 Å². The van der Waals surface area contributed by atoms with Gasteiger partial charge in [-0.05, 0) is 43.9 Å². The summed E-state index contributed by atoms with van der Waals surface area (Å²) >= 11 is 0. The molecule has 0 aliphatic rings. The molecule has 1 aromatic carbocycles. The first kappa shape index (κ1) is 20.3. The second-order valence-electron chi connectivity index (χ2n) is 6.65. The highest BCUT2D eigenvalue weighted by Gasteiger charge is 2.18. The van der Waals surface area contributed by atoms with Gasteiger partial charge in [-0.25, -0.2) is 4.79 Å². The number of carbonyl (C=O) groups excluding carboxylic acids is 1. The number of aliphatic hydroxyl groups is 1. The van der Waals surface area contributed by atoms with Gasteiger partial charge in [-0.2, -0.15) is 0 Å². The molecule has 0 aromatic heterocycles. The standard InChI is InChI=1S/C18H31N3O3/c1-12(2)17(19)16(22)11-24-15-7-5-14(6-8-15)9-10-20-18(23)21-13(3)4/h5-8,12-13,16-17,22H,9-11,19H2,1-4H3,(H2,20,21,23). The Kier molecular flexibility index (Phi) is 8.57. The van der Waals surface area contributed by atoms with E-state index in [4.69, 9.17) is 10.5 Å². The van der Waals surface area contributed by atoms with Gasteiger partial charge in [-0.1, -0.05) is 26.0 Å². The fourth-order valence-electron chi connectivity index (χ4n) is 2.12. The van der Waals surface area contributed by atoms with Crippen molar-refractivity contribution in [1.29, 1.82) is 0 Å². The quantitative estimate of drug-likeness (QED) is 0.551. The Morgan fingerprint density at radius 3 is 2.38 bits per heavy atom. The van der Waals surface area contributed by atoms with Crippen LogP contribution >= 0.6 is 0 Å². The van der Waals surface area contributed by atoms with E-state index in [0.29, 0.717) is 12.3 Å². The van der Waals surface area contributed by atoms with Crippen molar-refractivity contribution in [3.8, 4) is 5.75 Å². The molecule has 2 amide bonds. The predicted molar refractivity (Wildman–Crippen MR) is 96.1 cm³/mol. The Balaban J connectivity index is 2.34. The Hall–Kier alpha value is -1.79. The van der Waals surface area contributed by atoms with E-state index in [2.05, 4.69) is 10.6 Å². The molecule has 0 spiro atoms. The van der Waals surface area contributed by atoms with Crippen molar-refractivity contribution in [3.05, 3.63) is 29.8 Å². The molecule has 0 aliphatic carbocycles. The summed E-state index contributed by atoms with van der Waals surface area (Å²) in [6.07, 6.45) is 0.0560. The zero-order valence-corrected chi connectivity index (χ0v) is 15.1. The van der Waals surface area contributed by atoms with Gasteiger partial charge in [0.15, 0.2) is 0 Å². The molecule has 0 fully saturated rings. The molecule has 0 bridgehead atoms. The summed E-state index contributed by atoms with van der Waals surface area (Å²) in [6.45, 7) is 8.53. The SMILES string of the molecule is CC(C)NC(=O)NCCc1ccc(OCC(O)C(N)C(C)C)cc1. The molecule has 136 valence electrons. The van der Waals surface area contributed by atoms with Gasteiger partial charge in [0.25, 0.3) is 0 Å². The third-order valence-electron chi connectivity index (χ3n) is 3.68. The highest BCUT2D eigenvalue weighted by molar-refractivity contribution is 5.74. The number of aliphatic hydroxyl groups excluding tert-OH is 1. The fraction of sp³-hybridized carbons (Fsp3) is 0.611. The smallest absolute Gasteiger partial charge is 0.314 e. The molecule has 0 saturated heterocycles. The van der Waals surface area contributed by atoms with Crippen LogP contribution in [0.5, 0.6) is 5.75 Å². The van der Waals surface area contributed by atoms with Crippen LogP contribution in [0.2, 0.25) is 0 Å². The number of carbonyl (C=O) groups is 1. The summed E-state index contributed by atoms with van der Waals surface area (Å²) in [7, 11) is 0. The maximum absolute atomic E-state index is 11.5. The summed E-state index contributed by atoms with van der Waals surface area (Å²) in [4.78, 5) is 11.5. The number of nitrogens with one attached hydrogen (secondary N) is 2. The van der Waals surface area contributed by atoms with Crippen LogP contribution in [0.25, 0.3) is 0 Å². The van der Waals surface area contributed by atoms with E-state index in [-0.39, 0.29) is 30.6 Å². The molecular weight excluding hydrogens is 306 g/mol. The van der Waals surface area contributed by atoms with Crippen molar-refractivity contribution in [1.82, 2.24) is 10.6 Å². The second-order valence-corrected chi connectivity index (χ2v) is 6.65. The number of nitrogens with two attached hydrogens (primary N) is 1. The van der Waals surface area contributed by atoms with Crippen LogP contribution in [-0.4, -0.2) is 42.5 Å². The molecule has 2 atom stereocenters. The lowest BCUT2D eigenvalue weighted by molar-refractivity contribution is 0.0715. The monoisotopic (exact) mass is 337 g/mol. The molecule has 0 aliphatic heterocycles. The number of ether oxygens (including phenoxy) is 1. The number of rotatable bonds is 9. The van der Waals surface area contributed by atoms with Gasteiger partial charge < -0.3 is 26.2 Å². The molecule has 0 radical (unpaired) electrons. The maximum Gasteiger partial charge on any atom is 0.314 e. The zero-order chi connectivity index (χ0) is 18.1. The molecule has 6 heteroatoms. The van der Waals surface area contributed by atoms with Crippen LogP contribution in [0.1, 0.15) is 33.3 Å². The molecular formula is C18H31N3O3. The molecule has 24 heavy (non-hydrogen) atoms. The fourth-order valence-corrected chi connectivity index (χ4v) is 2.12. The van der Waals surface area contributed by atoms with Gasteiger partial charge in [0.1, 0.15) is 18.5 Å². The first-order valence-electron chi connectivity index (χ1n) is 8.49. The molecule has 1 aromatic rings. The molecule has 2 unspecified atom stereocenters. The Labute approximate surface area is 144 Å². The largest absolute Gasteiger partial charge is 0.491 e. The number of hydrogen-bond acceptors (Lipinski definition) is 4. The summed E-state index contributed by atoms with van der Waals surface area (Å²) in [5.74, 6) is 0.894. The van der Waals surface area contributed by atoms with Gasteiger partial charge >= 0.3 is 6.03 Å². The minimum absolute atomic E-state index is 0.126. The normalized spacial score (nSPS) is 13.7. The van der Waals surface area contributed by atoms with Crippen LogP contribution in [0.4, 0.5) is 4.79 Å². The first-order valence-corrected chi connectivity index (χ1v) is 8.49. The van der Waals surface area contributed by atoms with Gasteiger partial charge in [0.2, 0.25) is 0 Å². The summed E-state index contributed by atoms with van der Waals surface area (Å²) in [5.41, 5.74) is 6.99. The van der Waals surface area contributed by atoms with E-state index < -0.39 is 6.10 Å². The van der Waals surface area contributed by atoms with Gasteiger partial charge in [0, 0.05) is 18.6 Å². The van der Waals surface area contributed by atoms with Crippen LogP contribution in [-0.2, 0) is 6.42 Å². The third-order valence-corrected chi connectivity index (χ3v) is 3.68. The van der Waals surface area contributed by atoms with E-state index in [1.807, 2.05) is 52.0 Å². The maximum atomic E-state index is 11.5. The number of amides is 2. The Morgan fingerprint density at radius 2 is 1.83 bits per heavy atom. The lowest BCUT2D eigenvalue weighted by Crippen LogP contribution is -2.42. The third kappa shape index (κ3) is 7.66. The topological polar surface area (TPSA) is 96.6 Å². The van der Waals surface area contributed by atoms with Crippen molar-refractivity contribution in [2.24, 2.45) is 11.7 Å². The first-order chi connectivity index (χ1) is 11.3. The van der Waals surface area contributed by atoms with Crippen molar-refractivity contribution in [3.63, 3.8) is 0 Å². The molecule has 6 nitrogen and oxygen atoms in total. The Morgan fingerprint density at radius 1 is 1.21 bits per heavy atom. The van der Waals surface area contributed by atoms with E-state index in [1.165, 1.54) is 0 Å². The average molecular weight is 337 g/mol. The van der Waals surface area contributed by atoms with E-state index >= 15 is 0 Å². The van der Waals surface area contributed by atoms with E-state index in [0.717, 1.165) is 12.0 Å². The summed E-state index contributed by atoms with van der Waals surface area (Å²) < 4.78 is 5.57. The highest BCUT2D eigenvalue weighted by atomic mass is 16.5. The molecule has 5 N–H and O–H groups in total. The molecule has 1 rings (SSSR count). The van der Waals surface area contributed by atoms with E-state index in [9.17, 15) is 9.90 Å². The zero-order valence-electron chi connectivity index (χ0n) is 15.1. The number of urea groups is 1. The second kappa shape index (κ2) is 10.2. The Bertz CT molecular complexity index is 489. The minimum Gasteiger partial charge on any atom is -0.491 e. The lowest BCUT2D eigenvalue weighted by Gasteiger charge is -2.22. The van der Waals surface area contributed by atoms with Crippen LogP contribution in [0.15, 0.2) is 24.3 Å². The van der Waals surface area contributed by atoms with Crippen LogP contribution in [0.3, 0.4) is 0 Å². The average Bonchev–Trinajstić information content (AvgIpc) is 2.52. The van der Waals surface area contributed by atoms with Crippen molar-refractivity contribution in [2.75, 3.05) is 13.2 Å². The molecule has 0 heterocycles. The summed E-state index contributed by atoms with van der Waals surface area (Å²) in [6, 6.07) is 7.29. The van der Waals surface area contributed by atoms with Crippen molar-refractivity contribution < 1.29 is 14.6 Å². The highest BCUT2D eigenvalue weighted by Crippen LogP contribution is 2.14. The predicted octanol–water partition coefficient (Wildman–Crippen LogP) is 1.66. The summed E-state index contributed by atoms with van der Waals surface area (Å²) in [5, 5.41) is 15.5. The van der Waals surface area contributed by atoms with Crippen molar-refractivity contribution >= 4 is 6.03 Å². The van der Waals surface area contributed by atoms with Gasteiger partial charge in [0.05, 0.1) is 0 Å². The number of benzene rings is 1. The van der Waals surface area contributed by atoms with E-state index in [1.54, 1.807) is 0 Å².